The molecule has 0 amide bonds. The van der Waals surface area contributed by atoms with E-state index in [9.17, 15) is 22.0 Å². The second-order valence-electron chi connectivity index (χ2n) is 8.77. The molecule has 2 N–H and O–H groups in total. The first kappa shape index (κ1) is 28.8. The van der Waals surface area contributed by atoms with Crippen molar-refractivity contribution in [2.24, 2.45) is 0 Å². The van der Waals surface area contributed by atoms with E-state index in [1.807, 2.05) is 13.0 Å². The molecule has 4 aromatic rings. The van der Waals surface area contributed by atoms with Crippen molar-refractivity contribution in [3.05, 3.63) is 91.2 Å². The van der Waals surface area contributed by atoms with Crippen LogP contribution < -0.4 is 10.6 Å². The Morgan fingerprint density at radius 2 is 1.23 bits per heavy atom. The van der Waals surface area contributed by atoms with Gasteiger partial charge in [-0.15, -0.1) is 0 Å². The lowest BCUT2D eigenvalue weighted by Gasteiger charge is -2.13. The summed E-state index contributed by atoms with van der Waals surface area (Å²) < 4.78 is 72.0. The Bertz CT molecular complexity index is 1590. The number of rotatable bonds is 6. The molecule has 14 heteroatoms. The fourth-order valence-corrected chi connectivity index (χ4v) is 4.74. The van der Waals surface area contributed by atoms with Gasteiger partial charge in [0.2, 0.25) is 5.82 Å². The summed E-state index contributed by atoms with van der Waals surface area (Å²) in [6.07, 6.45) is 0. The monoisotopic (exact) mass is 602 g/mol. The van der Waals surface area contributed by atoms with Crippen molar-refractivity contribution < 1.29 is 22.0 Å². The molecule has 0 radical (unpaired) electrons. The van der Waals surface area contributed by atoms with Crippen LogP contribution in [0.5, 0.6) is 0 Å². The first-order chi connectivity index (χ1) is 18.3. The first-order valence-corrected chi connectivity index (χ1v) is 12.6. The third-order valence-electron chi connectivity index (χ3n) is 6.18. The zero-order valence-corrected chi connectivity index (χ0v) is 23.3. The Labute approximate surface area is 235 Å². The van der Waals surface area contributed by atoms with E-state index in [-0.39, 0.29) is 5.11 Å². The summed E-state index contributed by atoms with van der Waals surface area (Å²) in [5, 5.41) is 16.0. The maximum Gasteiger partial charge on any atom is 0.200 e. The molecule has 0 saturated carbocycles. The van der Waals surface area contributed by atoms with E-state index in [0.717, 1.165) is 15.9 Å². The molecule has 0 bridgehead atoms. The molecule has 2 heterocycles. The number of hydrogen-bond donors (Lipinski definition) is 2. The number of aromatic nitrogens is 4. The van der Waals surface area contributed by atoms with Crippen LogP contribution in [-0.4, -0.2) is 24.7 Å². The molecule has 4 rings (SSSR count). The number of nitrogens with one attached hydrogen (secondary N) is 2. The van der Waals surface area contributed by atoms with Gasteiger partial charge in [-0.3, -0.25) is 9.36 Å². The van der Waals surface area contributed by atoms with E-state index < -0.39 is 41.2 Å². The molecular weight excluding hydrogens is 582 g/mol. The smallest absolute Gasteiger partial charge is 0.200 e. The maximum absolute atomic E-state index is 14.2. The summed E-state index contributed by atoms with van der Waals surface area (Å²) in [5.41, 5.74) is 3.09. The molecule has 206 valence electrons. The summed E-state index contributed by atoms with van der Waals surface area (Å²) in [5.74, 6) is -10.1. The molecule has 0 spiro atoms. The van der Waals surface area contributed by atoms with Crippen molar-refractivity contribution in [3.8, 4) is 0 Å². The molecule has 0 saturated heterocycles. The number of nitrogens with zero attached hydrogens (tertiary/aromatic N) is 4. The molecule has 2 aromatic heterocycles. The standard InChI is InChI=1S/C25H21Cl2F5N6S/c1-10-23(12(3)37(35-10)8-14-5-6-15(26)7-17(14)27)33-25(39)34-24-11(2)36-38(13(24)4)9-16-18(28)20(30)22(32)21(31)19(16)29/h5-7H,8-9H2,1-4H3,(H2,33,34,39). The molecule has 0 unspecified atom stereocenters. The van der Waals surface area contributed by atoms with Crippen LogP contribution in [0.3, 0.4) is 0 Å². The van der Waals surface area contributed by atoms with Gasteiger partial charge < -0.3 is 10.6 Å². The topological polar surface area (TPSA) is 59.7 Å². The molecular formula is C25H21Cl2F5N6S. The van der Waals surface area contributed by atoms with E-state index in [2.05, 4.69) is 20.8 Å². The fraction of sp³-hybridized carbons (Fsp3) is 0.240. The van der Waals surface area contributed by atoms with E-state index in [1.165, 1.54) is 0 Å². The van der Waals surface area contributed by atoms with Crippen LogP contribution in [0.2, 0.25) is 10.0 Å². The maximum atomic E-state index is 14.2. The van der Waals surface area contributed by atoms with Crippen LogP contribution in [0.4, 0.5) is 33.3 Å². The number of anilines is 2. The van der Waals surface area contributed by atoms with E-state index in [1.54, 1.807) is 37.6 Å². The minimum Gasteiger partial charge on any atom is -0.329 e. The molecule has 0 aliphatic heterocycles. The van der Waals surface area contributed by atoms with Gasteiger partial charge in [0, 0.05) is 10.0 Å². The van der Waals surface area contributed by atoms with Crippen LogP contribution in [-0.2, 0) is 13.1 Å². The Hall–Kier alpha value is -3.22. The summed E-state index contributed by atoms with van der Waals surface area (Å²) in [7, 11) is 0. The highest BCUT2D eigenvalue weighted by atomic mass is 35.5. The number of aryl methyl sites for hydroxylation is 2. The van der Waals surface area contributed by atoms with Crippen molar-refractivity contribution in [2.45, 2.75) is 40.8 Å². The highest BCUT2D eigenvalue weighted by Crippen LogP contribution is 2.28. The lowest BCUT2D eigenvalue weighted by molar-refractivity contribution is 0.366. The van der Waals surface area contributed by atoms with Crippen LogP contribution in [0.15, 0.2) is 18.2 Å². The van der Waals surface area contributed by atoms with Crippen molar-refractivity contribution in [1.29, 1.82) is 0 Å². The molecule has 0 fully saturated rings. The van der Waals surface area contributed by atoms with Gasteiger partial charge in [-0.1, -0.05) is 29.3 Å². The second-order valence-corrected chi connectivity index (χ2v) is 10.0. The molecule has 2 aromatic carbocycles. The van der Waals surface area contributed by atoms with E-state index in [4.69, 9.17) is 35.4 Å². The Morgan fingerprint density at radius 3 is 1.72 bits per heavy atom. The minimum absolute atomic E-state index is 0.173. The van der Waals surface area contributed by atoms with E-state index >= 15 is 0 Å². The summed E-state index contributed by atoms with van der Waals surface area (Å²) in [6, 6.07) is 5.21. The van der Waals surface area contributed by atoms with Gasteiger partial charge in [-0.25, -0.2) is 22.0 Å². The second kappa shape index (κ2) is 11.1. The molecule has 6 nitrogen and oxygen atoms in total. The average molecular weight is 603 g/mol. The van der Waals surface area contributed by atoms with Gasteiger partial charge in [-0.2, -0.15) is 10.2 Å². The zero-order chi connectivity index (χ0) is 28.8. The predicted molar refractivity (Wildman–Crippen MR) is 144 cm³/mol. The quantitative estimate of drug-likeness (QED) is 0.106. The van der Waals surface area contributed by atoms with E-state index in [0.29, 0.717) is 45.0 Å². The Balaban J connectivity index is 1.53. The lowest BCUT2D eigenvalue weighted by Crippen LogP contribution is -2.21. The number of benzene rings is 2. The molecule has 0 aliphatic carbocycles. The highest BCUT2D eigenvalue weighted by molar-refractivity contribution is 7.80. The van der Waals surface area contributed by atoms with Gasteiger partial charge >= 0.3 is 0 Å². The summed E-state index contributed by atoms with van der Waals surface area (Å²) >= 11 is 17.7. The van der Waals surface area contributed by atoms with Crippen molar-refractivity contribution in [1.82, 2.24) is 19.6 Å². The SMILES string of the molecule is Cc1nn(Cc2ccc(Cl)cc2Cl)c(C)c1NC(=S)Nc1c(C)nn(Cc2c(F)c(F)c(F)c(F)c2F)c1C. The van der Waals surface area contributed by atoms with Crippen molar-refractivity contribution >= 4 is 51.9 Å². The normalized spacial score (nSPS) is 11.3. The highest BCUT2D eigenvalue weighted by Gasteiger charge is 2.27. The molecule has 39 heavy (non-hydrogen) atoms. The number of thiocarbonyl (C=S) groups is 1. The average Bonchev–Trinajstić information content (AvgIpc) is 3.29. The fourth-order valence-electron chi connectivity index (χ4n) is 4.07. The van der Waals surface area contributed by atoms with Gasteiger partial charge in [0.1, 0.15) is 0 Å². The van der Waals surface area contributed by atoms with Crippen molar-refractivity contribution in [3.63, 3.8) is 0 Å². The van der Waals surface area contributed by atoms with Gasteiger partial charge in [0.15, 0.2) is 28.4 Å². The third-order valence-corrected chi connectivity index (χ3v) is 6.97. The Morgan fingerprint density at radius 1 is 0.769 bits per heavy atom. The van der Waals surface area contributed by atoms with Crippen LogP contribution in [0.1, 0.15) is 33.9 Å². The summed E-state index contributed by atoms with van der Waals surface area (Å²) in [4.78, 5) is 0. The van der Waals surface area contributed by atoms with Gasteiger partial charge in [0.25, 0.3) is 0 Å². The molecule has 0 atom stereocenters. The van der Waals surface area contributed by atoms with Gasteiger partial charge in [-0.05, 0) is 57.6 Å². The Kier molecular flexibility index (Phi) is 8.20. The largest absolute Gasteiger partial charge is 0.329 e. The van der Waals surface area contributed by atoms with Gasteiger partial charge in [0.05, 0.1) is 52.8 Å². The van der Waals surface area contributed by atoms with Crippen LogP contribution in [0.25, 0.3) is 0 Å². The van der Waals surface area contributed by atoms with Crippen molar-refractivity contribution in [2.75, 3.05) is 10.6 Å². The predicted octanol–water partition coefficient (Wildman–Crippen LogP) is 7.22. The minimum atomic E-state index is -2.22. The van der Waals surface area contributed by atoms with Crippen LogP contribution in [0, 0.1) is 56.8 Å². The first-order valence-electron chi connectivity index (χ1n) is 11.4. The number of halogens is 7. The van der Waals surface area contributed by atoms with Crippen LogP contribution >= 0.6 is 35.4 Å². The summed E-state index contributed by atoms with van der Waals surface area (Å²) in [6.45, 7) is 6.55. The number of hydrogen-bond acceptors (Lipinski definition) is 3. The lowest BCUT2D eigenvalue weighted by atomic mass is 10.1. The zero-order valence-electron chi connectivity index (χ0n) is 21.0. The molecule has 0 aliphatic rings. The third kappa shape index (κ3) is 5.59.